The summed E-state index contributed by atoms with van der Waals surface area (Å²) in [6, 6.07) is 13.1. The van der Waals surface area contributed by atoms with E-state index in [9.17, 15) is 14.4 Å². The van der Waals surface area contributed by atoms with Gasteiger partial charge >= 0.3 is 0 Å². The highest BCUT2D eigenvalue weighted by atomic mass is 16.5. The van der Waals surface area contributed by atoms with E-state index in [4.69, 9.17) is 4.74 Å². The SMILES string of the molecule is Cc1c(C(=O)N2CCOCC2)c[nH]c1/C=C1\C(=O)Nc2cccc(-c3cccc(C(=O)NCCN(C)C)c3)c21. The predicted molar refractivity (Wildman–Crippen MR) is 152 cm³/mol. The quantitative estimate of drug-likeness (QED) is 0.409. The largest absolute Gasteiger partial charge is 0.378 e. The van der Waals surface area contributed by atoms with Gasteiger partial charge in [-0.2, -0.15) is 0 Å². The van der Waals surface area contributed by atoms with E-state index in [1.165, 1.54) is 0 Å². The highest BCUT2D eigenvalue weighted by Gasteiger charge is 2.29. The minimum atomic E-state index is -0.218. The lowest BCUT2D eigenvalue weighted by molar-refractivity contribution is -0.110. The van der Waals surface area contributed by atoms with Gasteiger partial charge in [-0.1, -0.05) is 24.3 Å². The summed E-state index contributed by atoms with van der Waals surface area (Å²) in [4.78, 5) is 45.9. The summed E-state index contributed by atoms with van der Waals surface area (Å²) >= 11 is 0. The van der Waals surface area contributed by atoms with Gasteiger partial charge in [0.1, 0.15) is 0 Å². The first kappa shape index (κ1) is 26.4. The van der Waals surface area contributed by atoms with Crippen molar-refractivity contribution < 1.29 is 19.1 Å². The van der Waals surface area contributed by atoms with Crippen LogP contribution in [0.4, 0.5) is 5.69 Å². The zero-order valence-corrected chi connectivity index (χ0v) is 22.5. The number of hydrogen-bond acceptors (Lipinski definition) is 5. The Bertz CT molecular complexity index is 1450. The van der Waals surface area contributed by atoms with Crippen molar-refractivity contribution in [2.45, 2.75) is 6.92 Å². The molecular formula is C30H33N5O4. The van der Waals surface area contributed by atoms with Crippen LogP contribution in [-0.2, 0) is 9.53 Å². The third kappa shape index (κ3) is 5.50. The van der Waals surface area contributed by atoms with E-state index >= 15 is 0 Å². The van der Waals surface area contributed by atoms with Crippen LogP contribution in [0.25, 0.3) is 22.8 Å². The standard InChI is InChI=1S/C30H33N5O4/c1-19-24(30(38)35-12-14-39-15-13-35)18-32-26(19)17-23-27-22(8-5-9-25(27)33-29(23)37)20-6-4-7-21(16-20)28(36)31-10-11-34(2)3/h4-9,16-18,32H,10-15H2,1-3H3,(H,31,36)(H,33,37)/b23-17-. The molecule has 0 spiro atoms. The first-order chi connectivity index (χ1) is 18.8. The fourth-order valence-electron chi connectivity index (χ4n) is 4.92. The number of carbonyl (C=O) groups is 3. The lowest BCUT2D eigenvalue weighted by Crippen LogP contribution is -2.40. The maximum Gasteiger partial charge on any atom is 0.256 e. The Balaban J connectivity index is 1.46. The molecule has 3 heterocycles. The molecule has 0 bridgehead atoms. The van der Waals surface area contributed by atoms with Gasteiger partial charge in [0.25, 0.3) is 17.7 Å². The van der Waals surface area contributed by atoms with Crippen LogP contribution in [0.15, 0.2) is 48.7 Å². The number of aromatic nitrogens is 1. The van der Waals surface area contributed by atoms with Gasteiger partial charge in [0.15, 0.2) is 0 Å². The summed E-state index contributed by atoms with van der Waals surface area (Å²) in [6.45, 7) is 5.37. The number of amides is 3. The number of morpholine rings is 1. The summed E-state index contributed by atoms with van der Waals surface area (Å²) in [5, 5.41) is 5.91. The second-order valence-corrected chi connectivity index (χ2v) is 10.0. The first-order valence-electron chi connectivity index (χ1n) is 13.1. The molecule has 1 fully saturated rings. The molecule has 0 aliphatic carbocycles. The van der Waals surface area contributed by atoms with Crippen LogP contribution < -0.4 is 10.6 Å². The smallest absolute Gasteiger partial charge is 0.256 e. The van der Waals surface area contributed by atoms with E-state index in [-0.39, 0.29) is 17.7 Å². The molecule has 1 saturated heterocycles. The number of likely N-dealkylation sites (N-methyl/N-ethyl adjacent to an activating group) is 1. The van der Waals surface area contributed by atoms with Crippen molar-refractivity contribution >= 4 is 35.1 Å². The van der Waals surface area contributed by atoms with Crippen molar-refractivity contribution in [2.75, 3.05) is 58.8 Å². The highest BCUT2D eigenvalue weighted by molar-refractivity contribution is 6.36. The second kappa shape index (κ2) is 11.3. The maximum absolute atomic E-state index is 13.1. The molecule has 9 heteroatoms. The number of fused-ring (bicyclic) bond motifs is 1. The van der Waals surface area contributed by atoms with Gasteiger partial charge in [-0.05, 0) is 62.0 Å². The van der Waals surface area contributed by atoms with Gasteiger partial charge in [-0.3, -0.25) is 14.4 Å². The molecule has 3 aromatic rings. The lowest BCUT2D eigenvalue weighted by atomic mass is 9.93. The number of H-pyrrole nitrogens is 1. The molecule has 2 aliphatic heterocycles. The molecule has 202 valence electrons. The minimum Gasteiger partial charge on any atom is -0.378 e. The summed E-state index contributed by atoms with van der Waals surface area (Å²) in [5.41, 5.74) is 6.28. The molecule has 39 heavy (non-hydrogen) atoms. The van der Waals surface area contributed by atoms with Crippen LogP contribution >= 0.6 is 0 Å². The number of ether oxygens (including phenoxy) is 1. The van der Waals surface area contributed by atoms with Crippen LogP contribution in [0.3, 0.4) is 0 Å². The number of nitrogens with zero attached hydrogens (tertiary/aromatic N) is 2. The van der Waals surface area contributed by atoms with E-state index in [0.717, 1.165) is 28.8 Å². The van der Waals surface area contributed by atoms with Gasteiger partial charge in [-0.15, -0.1) is 0 Å². The molecule has 3 N–H and O–H groups in total. The van der Waals surface area contributed by atoms with Crippen LogP contribution in [-0.4, -0.2) is 86.0 Å². The Morgan fingerprint density at radius 1 is 1.13 bits per heavy atom. The molecule has 1 aromatic heterocycles. The Morgan fingerprint density at radius 2 is 1.90 bits per heavy atom. The van der Waals surface area contributed by atoms with E-state index in [0.29, 0.717) is 60.9 Å². The first-order valence-corrected chi connectivity index (χ1v) is 13.1. The third-order valence-electron chi connectivity index (χ3n) is 7.10. The summed E-state index contributed by atoms with van der Waals surface area (Å²) in [7, 11) is 3.92. The fraction of sp³-hybridized carbons (Fsp3) is 0.300. The van der Waals surface area contributed by atoms with Crippen LogP contribution in [0.2, 0.25) is 0 Å². The average molecular weight is 528 g/mol. The monoisotopic (exact) mass is 527 g/mol. The minimum absolute atomic E-state index is 0.0469. The van der Waals surface area contributed by atoms with Crippen molar-refractivity contribution in [3.8, 4) is 11.1 Å². The van der Waals surface area contributed by atoms with Crippen molar-refractivity contribution in [2.24, 2.45) is 0 Å². The second-order valence-electron chi connectivity index (χ2n) is 10.0. The molecule has 0 saturated carbocycles. The van der Waals surface area contributed by atoms with Gasteiger partial charge in [0.2, 0.25) is 0 Å². The average Bonchev–Trinajstić information content (AvgIpc) is 3.47. The molecule has 5 rings (SSSR count). The Morgan fingerprint density at radius 3 is 2.67 bits per heavy atom. The van der Waals surface area contributed by atoms with E-state index in [1.807, 2.05) is 62.3 Å². The van der Waals surface area contributed by atoms with Gasteiger partial charge < -0.3 is 30.2 Å². The summed E-state index contributed by atoms with van der Waals surface area (Å²) < 4.78 is 5.37. The number of aromatic amines is 1. The maximum atomic E-state index is 13.1. The highest BCUT2D eigenvalue weighted by Crippen LogP contribution is 2.40. The van der Waals surface area contributed by atoms with E-state index in [2.05, 4.69) is 15.6 Å². The zero-order valence-electron chi connectivity index (χ0n) is 22.5. The third-order valence-corrected chi connectivity index (χ3v) is 7.10. The van der Waals surface area contributed by atoms with Crippen molar-refractivity contribution in [3.63, 3.8) is 0 Å². The topological polar surface area (TPSA) is 107 Å². The van der Waals surface area contributed by atoms with Crippen molar-refractivity contribution in [1.29, 1.82) is 0 Å². The normalized spacial score (nSPS) is 15.9. The molecule has 2 aliphatic rings. The fourth-order valence-corrected chi connectivity index (χ4v) is 4.92. The molecule has 0 atom stereocenters. The number of carbonyl (C=O) groups excluding carboxylic acids is 3. The van der Waals surface area contributed by atoms with Gasteiger partial charge in [0.05, 0.1) is 24.4 Å². The number of hydrogen-bond donors (Lipinski definition) is 3. The van der Waals surface area contributed by atoms with Crippen LogP contribution in [0.1, 0.15) is 37.5 Å². The molecular weight excluding hydrogens is 494 g/mol. The number of anilines is 1. The number of benzene rings is 2. The summed E-state index contributed by atoms with van der Waals surface area (Å²) in [5.74, 6) is -0.407. The van der Waals surface area contributed by atoms with Crippen LogP contribution in [0, 0.1) is 6.92 Å². The molecule has 9 nitrogen and oxygen atoms in total. The number of rotatable bonds is 7. The Hall–Kier alpha value is -4.21. The van der Waals surface area contributed by atoms with E-state index in [1.54, 1.807) is 23.2 Å². The Labute approximate surface area is 227 Å². The predicted octanol–water partition coefficient (Wildman–Crippen LogP) is 3.25. The Kier molecular flexibility index (Phi) is 7.63. The van der Waals surface area contributed by atoms with Crippen molar-refractivity contribution in [1.82, 2.24) is 20.1 Å². The summed E-state index contributed by atoms with van der Waals surface area (Å²) in [6.07, 6.45) is 3.51. The molecule has 0 unspecified atom stereocenters. The van der Waals surface area contributed by atoms with Crippen molar-refractivity contribution in [3.05, 3.63) is 76.6 Å². The van der Waals surface area contributed by atoms with Crippen LogP contribution in [0.5, 0.6) is 0 Å². The zero-order chi connectivity index (χ0) is 27.5. The lowest BCUT2D eigenvalue weighted by Gasteiger charge is -2.26. The molecule has 2 aromatic carbocycles. The number of nitrogens with one attached hydrogen (secondary N) is 3. The van der Waals surface area contributed by atoms with E-state index < -0.39 is 0 Å². The van der Waals surface area contributed by atoms with Gasteiger partial charge in [-0.25, -0.2) is 0 Å². The molecule has 3 amide bonds. The van der Waals surface area contributed by atoms with Gasteiger partial charge in [0, 0.05) is 54.9 Å². The molecule has 0 radical (unpaired) electrons.